The van der Waals surface area contributed by atoms with Crippen molar-refractivity contribution in [1.29, 1.82) is 0 Å². The van der Waals surface area contributed by atoms with Gasteiger partial charge in [0.25, 0.3) is 0 Å². The molecule has 0 radical (unpaired) electrons. The number of carbonyl (C=O) groups excluding carboxylic acids is 1. The van der Waals surface area contributed by atoms with Crippen LogP contribution in [0.15, 0.2) is 65.3 Å². The van der Waals surface area contributed by atoms with Crippen LogP contribution in [0.5, 0.6) is 0 Å². The van der Waals surface area contributed by atoms with Crippen molar-refractivity contribution >= 4 is 16.7 Å². The number of nitrogens with one attached hydrogen (secondary N) is 1. The molecule has 0 unspecified atom stereocenters. The van der Waals surface area contributed by atoms with E-state index in [0.717, 1.165) is 28.5 Å². The van der Waals surface area contributed by atoms with Gasteiger partial charge in [0.05, 0.1) is 12.4 Å². The Kier molecular flexibility index (Phi) is 3.82. The second kappa shape index (κ2) is 6.13. The molecule has 1 heterocycles. The van der Waals surface area contributed by atoms with Crippen LogP contribution in [0.1, 0.15) is 29.8 Å². The molecule has 0 spiro atoms. The third-order valence-electron chi connectivity index (χ3n) is 4.66. The van der Waals surface area contributed by atoms with Gasteiger partial charge in [-0.15, -0.1) is 0 Å². The molecule has 0 bridgehead atoms. The summed E-state index contributed by atoms with van der Waals surface area (Å²) in [5, 5.41) is 15.4. The number of hydrogen-bond acceptors (Lipinski definition) is 3. The summed E-state index contributed by atoms with van der Waals surface area (Å²) in [5.74, 6) is 0.985. The lowest BCUT2D eigenvalue weighted by atomic mass is 10.0. The first-order valence-electron chi connectivity index (χ1n) is 8.20. The van der Waals surface area contributed by atoms with Gasteiger partial charge in [0.2, 0.25) is 5.91 Å². The van der Waals surface area contributed by atoms with Crippen molar-refractivity contribution in [2.24, 2.45) is 5.92 Å². The number of fused-ring (bicyclic) bond motifs is 1. The Morgan fingerprint density at radius 3 is 2.79 bits per heavy atom. The molecule has 0 aliphatic heterocycles. The molecule has 1 amide bonds. The maximum atomic E-state index is 12.2. The van der Waals surface area contributed by atoms with E-state index in [1.165, 1.54) is 0 Å². The van der Waals surface area contributed by atoms with Gasteiger partial charge in [-0.05, 0) is 41.0 Å². The fourth-order valence-corrected chi connectivity index (χ4v) is 3.16. The van der Waals surface area contributed by atoms with Crippen LogP contribution in [-0.2, 0) is 4.79 Å². The molecule has 1 aliphatic carbocycles. The van der Waals surface area contributed by atoms with Gasteiger partial charge in [-0.2, -0.15) is 0 Å². The maximum Gasteiger partial charge on any atom is 0.223 e. The van der Waals surface area contributed by atoms with Crippen molar-refractivity contribution < 1.29 is 14.3 Å². The summed E-state index contributed by atoms with van der Waals surface area (Å²) >= 11 is 0. The van der Waals surface area contributed by atoms with Gasteiger partial charge in [0, 0.05) is 18.4 Å². The average Bonchev–Trinajstić information content (AvgIpc) is 3.24. The number of carbonyl (C=O) groups is 1. The van der Waals surface area contributed by atoms with Crippen LogP contribution < -0.4 is 5.32 Å². The largest absolute Gasteiger partial charge is 0.469 e. The van der Waals surface area contributed by atoms with Crippen LogP contribution in [0, 0.1) is 5.92 Å². The molecule has 2 aromatic carbocycles. The van der Waals surface area contributed by atoms with E-state index in [2.05, 4.69) is 5.32 Å². The van der Waals surface area contributed by atoms with E-state index in [0.29, 0.717) is 0 Å². The molecule has 4 nitrogen and oxygen atoms in total. The van der Waals surface area contributed by atoms with Crippen molar-refractivity contribution in [2.45, 2.75) is 18.4 Å². The average molecular weight is 321 g/mol. The van der Waals surface area contributed by atoms with Gasteiger partial charge in [0.1, 0.15) is 5.76 Å². The summed E-state index contributed by atoms with van der Waals surface area (Å²) in [7, 11) is 0. The first kappa shape index (κ1) is 15.0. The summed E-state index contributed by atoms with van der Waals surface area (Å²) in [4.78, 5) is 12.2. The van der Waals surface area contributed by atoms with E-state index >= 15 is 0 Å². The van der Waals surface area contributed by atoms with E-state index in [-0.39, 0.29) is 24.3 Å². The molecule has 4 heteroatoms. The molecule has 122 valence electrons. The number of amides is 1. The predicted octanol–water partition coefficient (Wildman–Crippen LogP) is 3.39. The van der Waals surface area contributed by atoms with Gasteiger partial charge in [-0.3, -0.25) is 4.79 Å². The molecule has 1 aromatic heterocycles. The molecule has 24 heavy (non-hydrogen) atoms. The van der Waals surface area contributed by atoms with Crippen LogP contribution in [0.25, 0.3) is 10.8 Å². The second-order valence-corrected chi connectivity index (χ2v) is 6.33. The van der Waals surface area contributed by atoms with Gasteiger partial charge in [-0.25, -0.2) is 0 Å². The minimum atomic E-state index is -0.709. The van der Waals surface area contributed by atoms with Crippen molar-refractivity contribution in [3.8, 4) is 0 Å². The second-order valence-electron chi connectivity index (χ2n) is 6.33. The third-order valence-corrected chi connectivity index (χ3v) is 4.66. The van der Waals surface area contributed by atoms with Crippen molar-refractivity contribution in [3.05, 3.63) is 72.2 Å². The Morgan fingerprint density at radius 1 is 1.17 bits per heavy atom. The van der Waals surface area contributed by atoms with Crippen LogP contribution in [0.3, 0.4) is 0 Å². The number of aliphatic hydroxyl groups is 1. The van der Waals surface area contributed by atoms with Crippen LogP contribution in [0.4, 0.5) is 0 Å². The van der Waals surface area contributed by atoms with Gasteiger partial charge >= 0.3 is 0 Å². The maximum absolute atomic E-state index is 12.2. The summed E-state index contributed by atoms with van der Waals surface area (Å²) < 4.78 is 5.34. The monoisotopic (exact) mass is 321 g/mol. The zero-order valence-electron chi connectivity index (χ0n) is 13.2. The molecule has 4 rings (SSSR count). The van der Waals surface area contributed by atoms with Crippen molar-refractivity contribution in [2.75, 3.05) is 6.54 Å². The Hall–Kier alpha value is -2.59. The van der Waals surface area contributed by atoms with E-state index in [9.17, 15) is 9.90 Å². The number of rotatable bonds is 5. The fourth-order valence-electron chi connectivity index (χ4n) is 3.16. The fraction of sp³-hybridized carbons (Fsp3) is 0.250. The van der Waals surface area contributed by atoms with Gasteiger partial charge < -0.3 is 14.8 Å². The number of hydrogen-bond donors (Lipinski definition) is 2. The van der Waals surface area contributed by atoms with Crippen LogP contribution >= 0.6 is 0 Å². The quantitative estimate of drug-likeness (QED) is 0.757. The molecular weight excluding hydrogens is 302 g/mol. The highest BCUT2D eigenvalue weighted by atomic mass is 16.3. The Morgan fingerprint density at radius 2 is 2.00 bits per heavy atom. The molecule has 1 fully saturated rings. The highest BCUT2D eigenvalue weighted by molar-refractivity contribution is 5.84. The summed E-state index contributed by atoms with van der Waals surface area (Å²) in [5.41, 5.74) is 0.812. The highest BCUT2D eigenvalue weighted by Gasteiger charge is 2.45. The molecule has 3 aromatic rings. The zero-order valence-corrected chi connectivity index (χ0v) is 13.2. The normalized spacial score (nSPS) is 20.7. The first-order chi connectivity index (χ1) is 11.7. The predicted molar refractivity (Wildman–Crippen MR) is 91.5 cm³/mol. The number of aliphatic hydroxyl groups excluding tert-OH is 1. The number of furan rings is 1. The summed E-state index contributed by atoms with van der Waals surface area (Å²) in [6, 6.07) is 17.6. The summed E-state index contributed by atoms with van der Waals surface area (Å²) in [6.07, 6.45) is 1.73. The van der Waals surface area contributed by atoms with Crippen molar-refractivity contribution in [1.82, 2.24) is 5.32 Å². The minimum Gasteiger partial charge on any atom is -0.469 e. The molecule has 3 atom stereocenters. The smallest absolute Gasteiger partial charge is 0.223 e. The molecule has 1 aliphatic rings. The van der Waals surface area contributed by atoms with Crippen LogP contribution in [0.2, 0.25) is 0 Å². The topological polar surface area (TPSA) is 62.5 Å². The van der Waals surface area contributed by atoms with Gasteiger partial charge in [0.15, 0.2) is 0 Å². The number of benzene rings is 2. The molecule has 0 saturated heterocycles. The van der Waals surface area contributed by atoms with Crippen LogP contribution in [-0.4, -0.2) is 17.6 Å². The lowest BCUT2D eigenvalue weighted by Crippen LogP contribution is -2.29. The summed E-state index contributed by atoms with van der Waals surface area (Å²) in [6.45, 7) is 0.221. The Bertz CT molecular complexity index is 856. The lowest BCUT2D eigenvalue weighted by Gasteiger charge is -2.13. The lowest BCUT2D eigenvalue weighted by molar-refractivity contribution is -0.122. The Balaban J connectivity index is 1.36. The van der Waals surface area contributed by atoms with E-state index in [1.807, 2.05) is 54.6 Å². The van der Waals surface area contributed by atoms with E-state index in [1.54, 1.807) is 6.26 Å². The SMILES string of the molecule is O=C(NC[C@H](O)c1ccc2ccccc2c1)[C@@H]1C[C@H]1c1ccco1. The standard InChI is InChI=1S/C20H19NO3/c22-18(15-8-7-13-4-1-2-5-14(13)10-15)12-21-20(23)17-11-16(17)19-6-3-9-24-19/h1-10,16-18,22H,11-12H2,(H,21,23)/t16-,17-,18+/m1/s1. The van der Waals surface area contributed by atoms with Gasteiger partial charge in [-0.1, -0.05) is 36.4 Å². The highest BCUT2D eigenvalue weighted by Crippen LogP contribution is 2.47. The molecular formula is C20H19NO3. The molecule has 1 saturated carbocycles. The third kappa shape index (κ3) is 2.93. The Labute approximate surface area is 140 Å². The zero-order chi connectivity index (χ0) is 16.5. The van der Waals surface area contributed by atoms with E-state index in [4.69, 9.17) is 4.42 Å². The van der Waals surface area contributed by atoms with Crippen molar-refractivity contribution in [3.63, 3.8) is 0 Å². The molecule has 2 N–H and O–H groups in total. The first-order valence-corrected chi connectivity index (χ1v) is 8.20. The minimum absolute atomic E-state index is 0.0174. The van der Waals surface area contributed by atoms with E-state index < -0.39 is 6.10 Å².